The monoisotopic (exact) mass is 295 g/mol. The molecule has 0 saturated carbocycles. The maximum atomic E-state index is 12.4. The number of amides is 1. The van der Waals surface area contributed by atoms with Crippen molar-refractivity contribution >= 4 is 11.7 Å². The Labute approximate surface area is 129 Å². The Bertz CT molecular complexity index is 752. The van der Waals surface area contributed by atoms with Crippen molar-refractivity contribution in [2.75, 3.05) is 13.7 Å². The van der Waals surface area contributed by atoms with Crippen LogP contribution in [0.15, 0.2) is 42.5 Å². The fourth-order valence-electron chi connectivity index (χ4n) is 2.77. The van der Waals surface area contributed by atoms with Gasteiger partial charge in [-0.2, -0.15) is 0 Å². The molecule has 4 nitrogen and oxygen atoms in total. The van der Waals surface area contributed by atoms with Gasteiger partial charge in [-0.1, -0.05) is 30.3 Å². The van der Waals surface area contributed by atoms with Crippen LogP contribution in [0.4, 0.5) is 0 Å². The molecule has 2 aromatic rings. The van der Waals surface area contributed by atoms with E-state index in [1.54, 1.807) is 19.2 Å². The molecule has 22 heavy (non-hydrogen) atoms. The number of ether oxygens (including phenoxy) is 1. The Hall–Kier alpha value is -2.46. The number of fused-ring (bicyclic) bond motifs is 3. The molecule has 1 aliphatic carbocycles. The Kier molecular flexibility index (Phi) is 3.77. The third-order valence-electron chi connectivity index (χ3n) is 3.78. The first-order valence-electron chi connectivity index (χ1n) is 7.19. The highest BCUT2D eigenvalue weighted by Gasteiger charge is 2.27. The first-order chi connectivity index (χ1) is 10.6. The smallest absolute Gasteiger partial charge is 0.251 e. The van der Waals surface area contributed by atoms with Gasteiger partial charge in [-0.3, -0.25) is 9.59 Å². The summed E-state index contributed by atoms with van der Waals surface area (Å²) >= 11 is 0. The molecule has 0 fully saturated rings. The number of carbonyl (C=O) groups excluding carboxylic acids is 2. The van der Waals surface area contributed by atoms with Gasteiger partial charge in [-0.15, -0.1) is 0 Å². The van der Waals surface area contributed by atoms with E-state index in [0.717, 1.165) is 11.1 Å². The van der Waals surface area contributed by atoms with E-state index < -0.39 is 0 Å². The summed E-state index contributed by atoms with van der Waals surface area (Å²) in [6.45, 7) is 2.32. The van der Waals surface area contributed by atoms with Gasteiger partial charge in [0.15, 0.2) is 5.78 Å². The number of hydrogen-bond donors (Lipinski definition) is 1. The Morgan fingerprint density at radius 2 is 1.77 bits per heavy atom. The average molecular weight is 295 g/mol. The van der Waals surface area contributed by atoms with Crippen LogP contribution in [-0.4, -0.2) is 31.4 Å². The molecule has 0 radical (unpaired) electrons. The van der Waals surface area contributed by atoms with Crippen molar-refractivity contribution in [1.29, 1.82) is 0 Å². The predicted octanol–water partition coefficient (Wildman–Crippen LogP) is 2.66. The van der Waals surface area contributed by atoms with Gasteiger partial charge in [-0.25, -0.2) is 0 Å². The lowest BCUT2D eigenvalue weighted by molar-refractivity contribution is 0.0905. The van der Waals surface area contributed by atoms with Crippen LogP contribution in [0.25, 0.3) is 11.1 Å². The minimum absolute atomic E-state index is 0.0230. The van der Waals surface area contributed by atoms with E-state index in [2.05, 4.69) is 5.32 Å². The van der Waals surface area contributed by atoms with Crippen LogP contribution in [-0.2, 0) is 4.74 Å². The summed E-state index contributed by atoms with van der Waals surface area (Å²) in [6.07, 6.45) is 0. The van der Waals surface area contributed by atoms with E-state index >= 15 is 0 Å². The molecule has 0 saturated heterocycles. The normalized spacial score (nSPS) is 13.5. The molecule has 4 heteroatoms. The van der Waals surface area contributed by atoms with E-state index in [9.17, 15) is 9.59 Å². The number of ketones is 1. The molecule has 0 bridgehead atoms. The van der Waals surface area contributed by atoms with Gasteiger partial charge in [0.25, 0.3) is 5.91 Å². The fraction of sp³-hybridized carbons (Fsp3) is 0.222. The van der Waals surface area contributed by atoms with Crippen LogP contribution in [0.1, 0.15) is 33.2 Å². The molecular weight excluding hydrogens is 278 g/mol. The molecule has 1 atom stereocenters. The largest absolute Gasteiger partial charge is 0.383 e. The lowest BCUT2D eigenvalue weighted by atomic mass is 10.0. The third-order valence-corrected chi connectivity index (χ3v) is 3.78. The number of benzene rings is 2. The van der Waals surface area contributed by atoms with Crippen LogP contribution in [0.3, 0.4) is 0 Å². The highest BCUT2D eigenvalue weighted by Crippen LogP contribution is 2.36. The predicted molar refractivity (Wildman–Crippen MR) is 84.1 cm³/mol. The average Bonchev–Trinajstić information content (AvgIpc) is 2.81. The van der Waals surface area contributed by atoms with Gasteiger partial charge in [-0.05, 0) is 30.2 Å². The number of hydrogen-bond acceptors (Lipinski definition) is 3. The molecule has 2 aromatic carbocycles. The van der Waals surface area contributed by atoms with Crippen molar-refractivity contribution < 1.29 is 14.3 Å². The van der Waals surface area contributed by atoms with Gasteiger partial charge >= 0.3 is 0 Å². The molecule has 0 spiro atoms. The van der Waals surface area contributed by atoms with Crippen LogP contribution in [0.2, 0.25) is 0 Å². The van der Waals surface area contributed by atoms with Crippen molar-refractivity contribution in [3.05, 3.63) is 59.2 Å². The van der Waals surface area contributed by atoms with E-state index in [1.807, 2.05) is 37.3 Å². The molecule has 3 rings (SSSR count). The first-order valence-corrected chi connectivity index (χ1v) is 7.19. The molecule has 112 valence electrons. The standard InChI is InChI=1S/C18H17NO3/c1-11(10-22-2)19-18(21)12-7-8-14-13-5-3-4-6-15(13)17(20)16(14)9-12/h3-9,11H,10H2,1-2H3,(H,19,21)/t11-/m1/s1. The van der Waals surface area contributed by atoms with Crippen LogP contribution in [0, 0.1) is 0 Å². The van der Waals surface area contributed by atoms with Gasteiger partial charge in [0.2, 0.25) is 0 Å². The van der Waals surface area contributed by atoms with Crippen molar-refractivity contribution in [1.82, 2.24) is 5.32 Å². The highest BCUT2D eigenvalue weighted by atomic mass is 16.5. The topological polar surface area (TPSA) is 55.4 Å². The van der Waals surface area contributed by atoms with Crippen molar-refractivity contribution in [2.24, 2.45) is 0 Å². The van der Waals surface area contributed by atoms with Crippen molar-refractivity contribution in [2.45, 2.75) is 13.0 Å². The maximum absolute atomic E-state index is 12.4. The number of rotatable bonds is 4. The maximum Gasteiger partial charge on any atom is 0.251 e. The van der Waals surface area contributed by atoms with Gasteiger partial charge < -0.3 is 10.1 Å². The van der Waals surface area contributed by atoms with Crippen LogP contribution >= 0.6 is 0 Å². The lowest BCUT2D eigenvalue weighted by Gasteiger charge is -2.13. The van der Waals surface area contributed by atoms with Crippen molar-refractivity contribution in [3.8, 4) is 11.1 Å². The number of methoxy groups -OCH3 is 1. The molecule has 1 amide bonds. The van der Waals surface area contributed by atoms with Crippen molar-refractivity contribution in [3.63, 3.8) is 0 Å². The summed E-state index contributed by atoms with van der Waals surface area (Å²) in [5, 5.41) is 2.85. The molecule has 0 heterocycles. The zero-order valence-electron chi connectivity index (χ0n) is 12.6. The summed E-state index contributed by atoms with van der Waals surface area (Å²) in [5.41, 5.74) is 3.60. The summed E-state index contributed by atoms with van der Waals surface area (Å²) < 4.78 is 5.00. The zero-order valence-corrected chi connectivity index (χ0v) is 12.6. The van der Waals surface area contributed by atoms with E-state index in [-0.39, 0.29) is 17.7 Å². The second-order valence-corrected chi connectivity index (χ2v) is 5.46. The van der Waals surface area contributed by atoms with Crippen LogP contribution < -0.4 is 5.32 Å². The highest BCUT2D eigenvalue weighted by molar-refractivity contribution is 6.22. The molecule has 1 N–H and O–H groups in total. The molecule has 1 aliphatic rings. The first kappa shape index (κ1) is 14.5. The second kappa shape index (κ2) is 5.73. The molecule has 0 unspecified atom stereocenters. The second-order valence-electron chi connectivity index (χ2n) is 5.46. The van der Waals surface area contributed by atoms with Gasteiger partial charge in [0.05, 0.1) is 6.61 Å². The zero-order chi connectivity index (χ0) is 15.7. The van der Waals surface area contributed by atoms with E-state index in [0.29, 0.717) is 23.3 Å². The minimum atomic E-state index is -0.198. The van der Waals surface area contributed by atoms with E-state index in [1.165, 1.54) is 0 Å². The minimum Gasteiger partial charge on any atom is -0.383 e. The van der Waals surface area contributed by atoms with Crippen LogP contribution in [0.5, 0.6) is 0 Å². The van der Waals surface area contributed by atoms with Gasteiger partial charge in [0, 0.05) is 29.8 Å². The Morgan fingerprint density at radius 1 is 1.09 bits per heavy atom. The number of nitrogens with one attached hydrogen (secondary N) is 1. The SMILES string of the molecule is COC[C@@H](C)NC(=O)c1ccc2c(c1)C(=O)c1ccccc1-2. The molecule has 0 aliphatic heterocycles. The molecular formula is C18H17NO3. The summed E-state index contributed by atoms with van der Waals surface area (Å²) in [6, 6.07) is 12.7. The summed E-state index contributed by atoms with van der Waals surface area (Å²) in [5.74, 6) is -0.221. The third kappa shape index (κ3) is 2.42. The summed E-state index contributed by atoms with van der Waals surface area (Å²) in [4.78, 5) is 24.7. The fourth-order valence-corrected chi connectivity index (χ4v) is 2.77. The van der Waals surface area contributed by atoms with Gasteiger partial charge in [0.1, 0.15) is 0 Å². The quantitative estimate of drug-likeness (QED) is 0.805. The number of carbonyl (C=O) groups is 2. The molecule has 0 aromatic heterocycles. The summed E-state index contributed by atoms with van der Waals surface area (Å²) in [7, 11) is 1.59. The Balaban J connectivity index is 1.90. The van der Waals surface area contributed by atoms with E-state index in [4.69, 9.17) is 4.74 Å². The lowest BCUT2D eigenvalue weighted by Crippen LogP contribution is -2.35. The Morgan fingerprint density at radius 3 is 2.50 bits per heavy atom.